The Morgan fingerprint density at radius 2 is 0.859 bits per heavy atom. The van der Waals surface area contributed by atoms with E-state index in [1.165, 1.54) is 10.8 Å². The smallest absolute Gasteiger partial charge is 0.0629 e. The zero-order valence-corrected chi connectivity index (χ0v) is 34.8. The van der Waals surface area contributed by atoms with E-state index < -0.39 is 6.04 Å². The van der Waals surface area contributed by atoms with E-state index in [-0.39, 0.29) is 29.7 Å². The average molecular weight is 820 g/mol. The molecule has 12 rings (SSSR count). The predicted octanol–water partition coefficient (Wildman–Crippen LogP) is 17.2. The highest BCUT2D eigenvalue weighted by atomic mass is 15.1. The fourth-order valence-electron chi connectivity index (χ4n) is 9.30. The van der Waals surface area contributed by atoms with E-state index in [0.29, 0.717) is 5.56 Å². The van der Waals surface area contributed by atoms with Gasteiger partial charge in [0.05, 0.1) is 17.9 Å². The molecule has 300 valence electrons. The molecule has 0 bridgehead atoms. The van der Waals surface area contributed by atoms with Crippen LogP contribution in [0.25, 0.3) is 93.5 Å². The normalized spacial score (nSPS) is 12.5. The van der Waals surface area contributed by atoms with Gasteiger partial charge in [-0.05, 0) is 121 Å². The lowest BCUT2D eigenvalue weighted by Gasteiger charge is -2.27. The van der Waals surface area contributed by atoms with Crippen LogP contribution in [0, 0.1) is 0 Å². The van der Waals surface area contributed by atoms with Crippen molar-refractivity contribution in [2.75, 3.05) is 4.90 Å². The number of nitrogens with zero attached hydrogens (tertiary/aromatic N) is 2. The molecule has 0 atom stereocenters. The van der Waals surface area contributed by atoms with Gasteiger partial charge in [0.25, 0.3) is 0 Å². The van der Waals surface area contributed by atoms with Gasteiger partial charge in [0.15, 0.2) is 0 Å². The Morgan fingerprint density at radius 1 is 0.312 bits per heavy atom. The summed E-state index contributed by atoms with van der Waals surface area (Å²) >= 11 is 0. The van der Waals surface area contributed by atoms with Gasteiger partial charge in [-0.3, -0.25) is 0 Å². The molecule has 12 aromatic rings. The summed E-state index contributed by atoms with van der Waals surface area (Å²) in [6, 6.07) is 77.3. The molecule has 0 radical (unpaired) electrons. The molecule has 0 aliphatic rings. The first-order valence-corrected chi connectivity index (χ1v) is 21.6. The van der Waals surface area contributed by atoms with Gasteiger partial charge in [-0.25, -0.2) is 0 Å². The molecule has 0 aliphatic heterocycles. The fraction of sp³-hybridized carbons (Fsp3) is 0. The van der Waals surface area contributed by atoms with E-state index in [1.54, 1.807) is 0 Å². The Morgan fingerprint density at radius 3 is 1.58 bits per heavy atom. The summed E-state index contributed by atoms with van der Waals surface area (Å²) < 4.78 is 44.9. The Labute approximate surface area is 380 Å². The van der Waals surface area contributed by atoms with Crippen molar-refractivity contribution in [1.82, 2.24) is 4.57 Å². The topological polar surface area (TPSA) is 8.17 Å². The Hall–Kier alpha value is -8.46. The van der Waals surface area contributed by atoms with Crippen LogP contribution < -0.4 is 4.90 Å². The van der Waals surface area contributed by atoms with Crippen molar-refractivity contribution >= 4 is 60.4 Å². The van der Waals surface area contributed by atoms with E-state index in [1.807, 2.05) is 36.4 Å². The lowest BCUT2D eigenvalue weighted by Crippen LogP contribution is -2.10. The summed E-state index contributed by atoms with van der Waals surface area (Å²) in [6.45, 7) is 0. The first-order valence-electron chi connectivity index (χ1n) is 24.1. The van der Waals surface area contributed by atoms with Crippen molar-refractivity contribution < 1.29 is 6.85 Å². The van der Waals surface area contributed by atoms with Crippen molar-refractivity contribution in [2.45, 2.75) is 0 Å². The highest BCUT2D eigenvalue weighted by molar-refractivity contribution is 6.19. The molecule has 0 amide bonds. The third-order valence-electron chi connectivity index (χ3n) is 12.4. The van der Waals surface area contributed by atoms with Crippen LogP contribution in [0.1, 0.15) is 6.85 Å². The van der Waals surface area contributed by atoms with Crippen LogP contribution in [0.15, 0.2) is 255 Å². The summed E-state index contributed by atoms with van der Waals surface area (Å²) in [5.41, 5.74) is 13.2. The SMILES string of the molecule is [2H]c1c([2H])c([2H])c(-c2ccc(N(c3cc(-c4ccccc4)cc(-c4ccccc4)c3)c3ccc4c5ccc6ccccc6c5n(-c5ccc(-c6ccc7ccccc7c6)cc5)c4c3)cc2)c([2H])c1[2H]. The van der Waals surface area contributed by atoms with Gasteiger partial charge in [-0.15, -0.1) is 0 Å². The fourth-order valence-corrected chi connectivity index (χ4v) is 9.30. The van der Waals surface area contributed by atoms with Gasteiger partial charge in [0, 0.05) is 38.9 Å². The first kappa shape index (κ1) is 32.3. The maximum atomic E-state index is 8.75. The standard InChI is InChI=1S/C62H42N2/c1-4-14-43(15-5-1)47-26-31-54(32-27-47)63(57-40-52(44-16-6-2-7-17-44)39-53(41-57)45-18-8-3-9-19-45)56-35-37-59-60-36-30-49-21-12-13-23-58(49)62(60)64(61(59)42-56)55-33-28-48(29-34-55)51-25-24-46-20-10-11-22-50(46)38-51/h1-42H/i1D,4D,5D,14D,15D. The van der Waals surface area contributed by atoms with Crippen LogP contribution in [0.5, 0.6) is 0 Å². The number of rotatable bonds is 8. The summed E-state index contributed by atoms with van der Waals surface area (Å²) in [5.74, 6) is 0. The molecular weight excluding hydrogens is 773 g/mol. The van der Waals surface area contributed by atoms with E-state index in [4.69, 9.17) is 6.85 Å². The van der Waals surface area contributed by atoms with Crippen LogP contribution >= 0.6 is 0 Å². The van der Waals surface area contributed by atoms with Gasteiger partial charge < -0.3 is 9.47 Å². The number of hydrogen-bond acceptors (Lipinski definition) is 1. The van der Waals surface area contributed by atoms with Crippen LogP contribution in [0.3, 0.4) is 0 Å². The lowest BCUT2D eigenvalue weighted by atomic mass is 9.97. The third kappa shape index (κ3) is 6.70. The van der Waals surface area contributed by atoms with Crippen molar-refractivity contribution in [3.05, 3.63) is 255 Å². The Bertz CT molecular complexity index is 3850. The summed E-state index contributed by atoms with van der Waals surface area (Å²) in [5, 5.41) is 7.02. The minimum atomic E-state index is -0.411. The maximum absolute atomic E-state index is 8.75. The van der Waals surface area contributed by atoms with E-state index >= 15 is 0 Å². The molecule has 2 heteroatoms. The molecule has 0 aliphatic carbocycles. The molecule has 1 heterocycles. The van der Waals surface area contributed by atoms with Crippen LogP contribution in [0.4, 0.5) is 17.1 Å². The molecule has 2 nitrogen and oxygen atoms in total. The quantitative estimate of drug-likeness (QED) is 0.148. The van der Waals surface area contributed by atoms with Crippen LogP contribution in [-0.4, -0.2) is 4.57 Å². The molecule has 0 N–H and O–H groups in total. The zero-order valence-electron chi connectivity index (χ0n) is 39.8. The largest absolute Gasteiger partial charge is 0.310 e. The molecule has 1 aromatic heterocycles. The van der Waals surface area contributed by atoms with Gasteiger partial charge in [-0.1, -0.05) is 194 Å². The Balaban J connectivity index is 1.09. The van der Waals surface area contributed by atoms with Gasteiger partial charge in [0.1, 0.15) is 0 Å². The second-order valence-electron chi connectivity index (χ2n) is 16.2. The van der Waals surface area contributed by atoms with Crippen molar-refractivity contribution in [3.63, 3.8) is 0 Å². The molecule has 0 unspecified atom stereocenters. The highest BCUT2D eigenvalue weighted by Gasteiger charge is 2.21. The maximum Gasteiger partial charge on any atom is 0.0629 e. The monoisotopic (exact) mass is 819 g/mol. The molecule has 64 heavy (non-hydrogen) atoms. The molecule has 11 aromatic carbocycles. The predicted molar refractivity (Wildman–Crippen MR) is 272 cm³/mol. The Kier molecular flexibility index (Phi) is 7.96. The van der Waals surface area contributed by atoms with Gasteiger partial charge in [0.2, 0.25) is 0 Å². The second-order valence-corrected chi connectivity index (χ2v) is 16.2. The average Bonchev–Trinajstić information content (AvgIpc) is 3.75. The van der Waals surface area contributed by atoms with E-state index in [0.717, 1.165) is 88.7 Å². The zero-order chi connectivity index (χ0) is 46.8. The summed E-state index contributed by atoms with van der Waals surface area (Å²) in [6.07, 6.45) is 0. The number of fused-ring (bicyclic) bond motifs is 6. The van der Waals surface area contributed by atoms with Crippen molar-refractivity contribution in [2.24, 2.45) is 0 Å². The molecular formula is C62H42N2. The molecule has 0 saturated carbocycles. The molecule has 0 spiro atoms. The van der Waals surface area contributed by atoms with Crippen molar-refractivity contribution in [3.8, 4) is 50.2 Å². The highest BCUT2D eigenvalue weighted by Crippen LogP contribution is 2.44. The van der Waals surface area contributed by atoms with Gasteiger partial charge >= 0.3 is 0 Å². The van der Waals surface area contributed by atoms with Crippen LogP contribution in [0.2, 0.25) is 0 Å². The number of hydrogen-bond donors (Lipinski definition) is 0. The second kappa shape index (κ2) is 15.8. The third-order valence-corrected chi connectivity index (χ3v) is 12.4. The van der Waals surface area contributed by atoms with E-state index in [2.05, 4.69) is 198 Å². The summed E-state index contributed by atoms with van der Waals surface area (Å²) in [7, 11) is 0. The lowest BCUT2D eigenvalue weighted by molar-refractivity contribution is 1.18. The van der Waals surface area contributed by atoms with Gasteiger partial charge in [-0.2, -0.15) is 0 Å². The number of anilines is 3. The first-order chi connectivity index (χ1) is 33.8. The van der Waals surface area contributed by atoms with E-state index in [9.17, 15) is 0 Å². The molecule has 0 saturated heterocycles. The van der Waals surface area contributed by atoms with Crippen LogP contribution in [-0.2, 0) is 0 Å². The minimum Gasteiger partial charge on any atom is -0.310 e. The summed E-state index contributed by atoms with van der Waals surface area (Å²) in [4.78, 5) is 2.26. The van der Waals surface area contributed by atoms with Crippen molar-refractivity contribution in [1.29, 1.82) is 0 Å². The molecule has 0 fully saturated rings. The number of aromatic nitrogens is 1. The number of benzene rings is 11. The minimum absolute atomic E-state index is 0.168.